The van der Waals surface area contributed by atoms with Gasteiger partial charge in [-0.15, -0.1) is 10.2 Å². The van der Waals surface area contributed by atoms with Gasteiger partial charge < -0.3 is 14.6 Å². The first-order chi connectivity index (χ1) is 12.2. The lowest BCUT2D eigenvalue weighted by Gasteiger charge is -2.05. The van der Waals surface area contributed by atoms with E-state index >= 15 is 0 Å². The molecule has 1 aromatic heterocycles. The molecule has 0 unspecified atom stereocenters. The van der Waals surface area contributed by atoms with Crippen LogP contribution in [0.1, 0.15) is 0 Å². The molecule has 4 aromatic rings. The van der Waals surface area contributed by atoms with Gasteiger partial charge >= 0.3 is 0 Å². The first kappa shape index (κ1) is 15.0. The van der Waals surface area contributed by atoms with Gasteiger partial charge in [0.1, 0.15) is 11.5 Å². The molecule has 0 radical (unpaired) electrons. The van der Waals surface area contributed by atoms with Crippen molar-refractivity contribution in [2.75, 3.05) is 0 Å². The molecule has 0 spiro atoms. The van der Waals surface area contributed by atoms with Crippen LogP contribution in [0.4, 0.5) is 0 Å². The molecule has 2 N–H and O–H groups in total. The summed E-state index contributed by atoms with van der Waals surface area (Å²) < 4.78 is 5.67. The highest BCUT2D eigenvalue weighted by atomic mass is 16.4. The Morgan fingerprint density at radius 2 is 1.24 bits per heavy atom. The van der Waals surface area contributed by atoms with Crippen LogP contribution in [0.5, 0.6) is 11.5 Å². The van der Waals surface area contributed by atoms with Gasteiger partial charge in [0.25, 0.3) is 11.8 Å². The van der Waals surface area contributed by atoms with E-state index in [1.165, 1.54) is 0 Å². The fourth-order valence-electron chi connectivity index (χ4n) is 2.61. The fourth-order valence-corrected chi connectivity index (χ4v) is 2.61. The van der Waals surface area contributed by atoms with Crippen molar-refractivity contribution in [1.29, 1.82) is 0 Å². The monoisotopic (exact) mass is 330 g/mol. The van der Waals surface area contributed by atoms with Crippen LogP contribution in [-0.2, 0) is 0 Å². The molecule has 1 heterocycles. The molecule has 0 aliphatic rings. The van der Waals surface area contributed by atoms with Crippen LogP contribution in [0.25, 0.3) is 34.0 Å². The van der Waals surface area contributed by atoms with Crippen LogP contribution in [0.3, 0.4) is 0 Å². The Morgan fingerprint density at radius 1 is 0.600 bits per heavy atom. The number of hydrogen-bond donors (Lipinski definition) is 2. The van der Waals surface area contributed by atoms with Gasteiger partial charge in [-0.2, -0.15) is 0 Å². The van der Waals surface area contributed by atoms with E-state index in [0.29, 0.717) is 11.1 Å². The van der Waals surface area contributed by atoms with Gasteiger partial charge in [0.2, 0.25) is 0 Å². The van der Waals surface area contributed by atoms with E-state index in [1.807, 2.05) is 36.4 Å². The molecular formula is C20H14N2O3. The van der Waals surface area contributed by atoms with Gasteiger partial charge in [0, 0.05) is 0 Å². The maximum Gasteiger partial charge on any atom is 0.251 e. The summed E-state index contributed by atoms with van der Waals surface area (Å²) in [5.74, 6) is 0.485. The molecule has 3 aromatic carbocycles. The molecule has 0 fully saturated rings. The minimum absolute atomic E-state index is 0.0483. The van der Waals surface area contributed by atoms with E-state index in [1.54, 1.807) is 36.4 Å². The maximum absolute atomic E-state index is 10.2. The molecule has 122 valence electrons. The summed E-state index contributed by atoms with van der Waals surface area (Å²) in [5, 5.41) is 28.1. The van der Waals surface area contributed by atoms with Crippen molar-refractivity contribution in [2.45, 2.75) is 0 Å². The van der Waals surface area contributed by atoms with Gasteiger partial charge in [-0.25, -0.2) is 0 Å². The molecule has 0 saturated carbocycles. The highest BCUT2D eigenvalue weighted by Gasteiger charge is 2.16. The van der Waals surface area contributed by atoms with Crippen LogP contribution in [-0.4, -0.2) is 20.4 Å². The fraction of sp³-hybridized carbons (Fsp3) is 0. The quantitative estimate of drug-likeness (QED) is 0.579. The Bertz CT molecular complexity index is 1030. The summed E-state index contributed by atoms with van der Waals surface area (Å²) in [7, 11) is 0. The molecule has 4 rings (SSSR count). The van der Waals surface area contributed by atoms with Crippen LogP contribution >= 0.6 is 0 Å². The zero-order chi connectivity index (χ0) is 17.2. The predicted octanol–water partition coefficient (Wildman–Crippen LogP) is 4.48. The second-order valence-corrected chi connectivity index (χ2v) is 5.53. The normalized spacial score (nSPS) is 10.7. The lowest BCUT2D eigenvalue weighted by atomic mass is 10.0. The van der Waals surface area contributed by atoms with Gasteiger partial charge in [0.15, 0.2) is 0 Å². The van der Waals surface area contributed by atoms with E-state index in [0.717, 1.165) is 11.1 Å². The average molecular weight is 330 g/mol. The number of para-hydroxylation sites is 1. The third-order valence-corrected chi connectivity index (χ3v) is 3.89. The standard InChI is InChI=1S/C20H14N2O3/c23-17-9-5-4-8-15(17)19-21-22-20(25-19)16-12-14(10-11-18(16)24)13-6-2-1-3-7-13/h1-12,23-24H. The summed E-state index contributed by atoms with van der Waals surface area (Å²) in [6.45, 7) is 0. The minimum atomic E-state index is 0.0483. The Balaban J connectivity index is 1.77. The molecular weight excluding hydrogens is 316 g/mol. The number of nitrogens with zero attached hydrogens (tertiary/aromatic N) is 2. The van der Waals surface area contributed by atoms with Crippen molar-refractivity contribution >= 4 is 0 Å². The molecule has 0 saturated heterocycles. The molecule has 0 bridgehead atoms. The smallest absolute Gasteiger partial charge is 0.251 e. The van der Waals surface area contributed by atoms with E-state index in [4.69, 9.17) is 4.42 Å². The second kappa shape index (κ2) is 6.13. The third-order valence-electron chi connectivity index (χ3n) is 3.89. The molecule has 5 nitrogen and oxygen atoms in total. The summed E-state index contributed by atoms with van der Waals surface area (Å²) in [4.78, 5) is 0. The summed E-state index contributed by atoms with van der Waals surface area (Å²) in [6.07, 6.45) is 0. The Kier molecular flexibility index (Phi) is 3.67. The average Bonchev–Trinajstić information content (AvgIpc) is 3.13. The summed E-state index contributed by atoms with van der Waals surface area (Å²) in [5.41, 5.74) is 2.83. The lowest BCUT2D eigenvalue weighted by molar-refractivity contribution is 0.470. The van der Waals surface area contributed by atoms with Gasteiger partial charge in [-0.05, 0) is 35.4 Å². The number of aromatic nitrogens is 2. The highest BCUT2D eigenvalue weighted by molar-refractivity contribution is 5.74. The summed E-state index contributed by atoms with van der Waals surface area (Å²) in [6, 6.07) is 21.8. The van der Waals surface area contributed by atoms with E-state index in [2.05, 4.69) is 10.2 Å². The summed E-state index contributed by atoms with van der Waals surface area (Å²) >= 11 is 0. The SMILES string of the molecule is Oc1ccccc1-c1nnc(-c2cc(-c3ccccc3)ccc2O)o1. The van der Waals surface area contributed by atoms with Crippen molar-refractivity contribution in [2.24, 2.45) is 0 Å². The Morgan fingerprint density at radius 3 is 2.00 bits per heavy atom. The first-order valence-corrected chi connectivity index (χ1v) is 7.73. The lowest BCUT2D eigenvalue weighted by Crippen LogP contribution is -1.83. The van der Waals surface area contributed by atoms with Crippen LogP contribution in [0.15, 0.2) is 77.2 Å². The van der Waals surface area contributed by atoms with Gasteiger partial charge in [0.05, 0.1) is 11.1 Å². The molecule has 5 heteroatoms. The highest BCUT2D eigenvalue weighted by Crippen LogP contribution is 2.35. The van der Waals surface area contributed by atoms with E-state index in [-0.39, 0.29) is 23.3 Å². The third kappa shape index (κ3) is 2.83. The zero-order valence-electron chi connectivity index (χ0n) is 13.1. The van der Waals surface area contributed by atoms with Gasteiger partial charge in [-0.1, -0.05) is 48.5 Å². The Labute approximate surface area is 143 Å². The largest absolute Gasteiger partial charge is 0.507 e. The molecule has 0 aliphatic carbocycles. The van der Waals surface area contributed by atoms with Crippen LogP contribution in [0.2, 0.25) is 0 Å². The maximum atomic E-state index is 10.2. The topological polar surface area (TPSA) is 79.4 Å². The molecule has 0 atom stereocenters. The van der Waals surface area contributed by atoms with Crippen LogP contribution < -0.4 is 0 Å². The second-order valence-electron chi connectivity index (χ2n) is 5.53. The number of phenolic OH excluding ortho intramolecular Hbond substituents is 2. The van der Waals surface area contributed by atoms with Crippen molar-refractivity contribution < 1.29 is 14.6 Å². The predicted molar refractivity (Wildman–Crippen MR) is 93.9 cm³/mol. The van der Waals surface area contributed by atoms with Crippen molar-refractivity contribution in [1.82, 2.24) is 10.2 Å². The molecule has 0 amide bonds. The van der Waals surface area contributed by atoms with Crippen molar-refractivity contribution in [3.8, 4) is 45.5 Å². The number of aromatic hydroxyl groups is 2. The molecule has 25 heavy (non-hydrogen) atoms. The minimum Gasteiger partial charge on any atom is -0.507 e. The van der Waals surface area contributed by atoms with E-state index < -0.39 is 0 Å². The zero-order valence-corrected chi connectivity index (χ0v) is 13.1. The number of rotatable bonds is 3. The van der Waals surface area contributed by atoms with Crippen LogP contribution in [0, 0.1) is 0 Å². The Hall–Kier alpha value is -3.60. The van der Waals surface area contributed by atoms with Crippen molar-refractivity contribution in [3.63, 3.8) is 0 Å². The first-order valence-electron chi connectivity index (χ1n) is 7.73. The number of hydrogen-bond acceptors (Lipinski definition) is 5. The van der Waals surface area contributed by atoms with Gasteiger partial charge in [-0.3, -0.25) is 0 Å². The van der Waals surface area contributed by atoms with Crippen molar-refractivity contribution in [3.05, 3.63) is 72.8 Å². The van der Waals surface area contributed by atoms with E-state index in [9.17, 15) is 10.2 Å². The number of benzene rings is 3. The molecule has 0 aliphatic heterocycles. The number of phenols is 2.